The summed E-state index contributed by atoms with van der Waals surface area (Å²) in [6.45, 7) is 7.24. The zero-order valence-electron chi connectivity index (χ0n) is 21.8. The van der Waals surface area contributed by atoms with Gasteiger partial charge in [-0.3, -0.25) is 9.78 Å². The van der Waals surface area contributed by atoms with Crippen LogP contribution in [0.1, 0.15) is 61.6 Å². The van der Waals surface area contributed by atoms with Crippen LogP contribution < -0.4 is 10.2 Å². The van der Waals surface area contributed by atoms with E-state index < -0.39 is 0 Å². The number of aryl methyl sites for hydroxylation is 3. The molecule has 3 aliphatic heterocycles. The summed E-state index contributed by atoms with van der Waals surface area (Å²) in [6.07, 6.45) is 11.7. The van der Waals surface area contributed by atoms with Gasteiger partial charge in [-0.2, -0.15) is 4.98 Å². The zero-order chi connectivity index (χ0) is 25.8. The van der Waals surface area contributed by atoms with E-state index in [1.807, 2.05) is 37.6 Å². The predicted molar refractivity (Wildman–Crippen MR) is 138 cm³/mol. The quantitative estimate of drug-likeness (QED) is 0.550. The number of anilines is 1. The van der Waals surface area contributed by atoms with E-state index >= 15 is 0 Å². The van der Waals surface area contributed by atoms with Gasteiger partial charge in [0, 0.05) is 45.9 Å². The predicted octanol–water partition coefficient (Wildman–Crippen LogP) is 2.06. The van der Waals surface area contributed by atoms with Gasteiger partial charge in [0.05, 0.1) is 17.5 Å². The number of fused-ring (bicyclic) bond motifs is 1. The first-order valence-electron chi connectivity index (χ1n) is 13.0. The van der Waals surface area contributed by atoms with E-state index in [9.17, 15) is 4.79 Å². The highest BCUT2D eigenvalue weighted by Crippen LogP contribution is 2.23. The molecule has 6 heterocycles. The lowest BCUT2D eigenvalue weighted by Gasteiger charge is -2.25. The highest BCUT2D eigenvalue weighted by Gasteiger charge is 2.29. The van der Waals surface area contributed by atoms with Gasteiger partial charge in [-0.25, -0.2) is 14.2 Å². The zero-order valence-corrected chi connectivity index (χ0v) is 21.8. The van der Waals surface area contributed by atoms with E-state index in [1.54, 1.807) is 10.9 Å². The van der Waals surface area contributed by atoms with Crippen LogP contribution in [0.4, 0.5) is 5.95 Å². The lowest BCUT2D eigenvalue weighted by Crippen LogP contribution is -2.30. The number of rotatable bonds is 5. The van der Waals surface area contributed by atoms with Crippen LogP contribution in [0.15, 0.2) is 6.20 Å². The molecule has 0 radical (unpaired) electrons. The maximum Gasteiger partial charge on any atom is 0.245 e. The molecule has 2 unspecified atom stereocenters. The average molecular weight is 510 g/mol. The molecule has 3 aromatic heterocycles. The van der Waals surface area contributed by atoms with Gasteiger partial charge in [0.25, 0.3) is 0 Å². The molecule has 0 aliphatic carbocycles. The van der Waals surface area contributed by atoms with Gasteiger partial charge in [0.15, 0.2) is 23.6 Å². The summed E-state index contributed by atoms with van der Waals surface area (Å²) < 4.78 is 15.4. The molecule has 198 valence electrons. The summed E-state index contributed by atoms with van der Waals surface area (Å²) in [5.41, 5.74) is 2.56. The number of carbonyl (C=O) groups excluding carboxylic acids is 1. The third-order valence-corrected chi connectivity index (χ3v) is 6.71. The molecule has 1 amide bonds. The van der Waals surface area contributed by atoms with Crippen molar-refractivity contribution in [2.75, 3.05) is 31.1 Å². The van der Waals surface area contributed by atoms with E-state index in [4.69, 9.17) is 14.5 Å². The third kappa shape index (κ3) is 6.13. The summed E-state index contributed by atoms with van der Waals surface area (Å²) in [6, 6.07) is 0. The number of amides is 1. The Morgan fingerprint density at radius 2 is 2.03 bits per heavy atom. The maximum absolute atomic E-state index is 10.1. The standard InChI is InChI=1S/C21H28N8O2.C4H7NO/c1-14-12-22-15(2)20-23-17(25-29(14)20)7-8-18-24-21(26-27(18)3)28-10-9-16(13-28)31-19-6-4-5-11-30-19;6-4-2-1-3-5-4/h7-8,12,16,19H,4-6,9-11,13H2,1-3H3;1-3H2,(H,5,6)/b8-7+;. The van der Waals surface area contributed by atoms with Crippen molar-refractivity contribution in [3.8, 4) is 0 Å². The monoisotopic (exact) mass is 509 g/mol. The van der Waals surface area contributed by atoms with Gasteiger partial charge in [-0.1, -0.05) is 0 Å². The molecule has 0 bridgehead atoms. The molecule has 3 aromatic rings. The van der Waals surface area contributed by atoms with Gasteiger partial charge in [-0.05, 0) is 58.1 Å². The lowest BCUT2D eigenvalue weighted by atomic mass is 10.2. The lowest BCUT2D eigenvalue weighted by molar-refractivity contribution is -0.183. The van der Waals surface area contributed by atoms with Crippen LogP contribution in [0.2, 0.25) is 0 Å². The number of nitrogens with one attached hydrogen (secondary N) is 1. The fourth-order valence-electron chi connectivity index (χ4n) is 4.61. The molecule has 3 fully saturated rings. The van der Waals surface area contributed by atoms with E-state index in [-0.39, 0.29) is 18.3 Å². The fraction of sp³-hybridized carbons (Fsp3) is 0.600. The van der Waals surface area contributed by atoms with Crippen LogP contribution in [0.5, 0.6) is 0 Å². The van der Waals surface area contributed by atoms with Crippen molar-refractivity contribution < 1.29 is 14.3 Å². The van der Waals surface area contributed by atoms with Crippen LogP contribution in [-0.2, 0) is 21.3 Å². The van der Waals surface area contributed by atoms with E-state index in [0.29, 0.717) is 5.82 Å². The van der Waals surface area contributed by atoms with Crippen molar-refractivity contribution in [3.63, 3.8) is 0 Å². The molecule has 37 heavy (non-hydrogen) atoms. The van der Waals surface area contributed by atoms with Crippen LogP contribution in [0, 0.1) is 13.8 Å². The SMILES string of the molecule is Cc1ncc(C)n2nc(/C=C/c3nc(N4CCC(OC5CCCCO5)C4)nn3C)nc12.O=C1CCCN1. The maximum atomic E-state index is 10.1. The van der Waals surface area contributed by atoms with Crippen LogP contribution in [-0.4, -0.2) is 78.9 Å². The van der Waals surface area contributed by atoms with Crippen molar-refractivity contribution in [1.29, 1.82) is 0 Å². The van der Waals surface area contributed by atoms with Gasteiger partial charge < -0.3 is 19.7 Å². The highest BCUT2D eigenvalue weighted by atomic mass is 16.7. The van der Waals surface area contributed by atoms with E-state index in [0.717, 1.165) is 87.2 Å². The molecule has 0 saturated carbocycles. The topological polar surface area (TPSA) is 125 Å². The Morgan fingerprint density at radius 1 is 1.14 bits per heavy atom. The smallest absolute Gasteiger partial charge is 0.245 e. The fourth-order valence-corrected chi connectivity index (χ4v) is 4.61. The van der Waals surface area contributed by atoms with Gasteiger partial charge in [-0.15, -0.1) is 10.2 Å². The van der Waals surface area contributed by atoms with Crippen LogP contribution in [0.3, 0.4) is 0 Å². The number of nitrogens with zero attached hydrogens (tertiary/aromatic N) is 8. The van der Waals surface area contributed by atoms with Crippen molar-refractivity contribution in [1.82, 2.24) is 39.7 Å². The molecule has 2 atom stereocenters. The molecule has 3 saturated heterocycles. The summed E-state index contributed by atoms with van der Waals surface area (Å²) in [4.78, 5) is 25.9. The molecule has 0 spiro atoms. The summed E-state index contributed by atoms with van der Waals surface area (Å²) >= 11 is 0. The molecule has 1 N–H and O–H groups in total. The molecule has 0 aromatic carbocycles. The summed E-state index contributed by atoms with van der Waals surface area (Å²) in [5, 5.41) is 11.8. The Kier molecular flexibility index (Phi) is 7.75. The molecule has 12 nitrogen and oxygen atoms in total. The first-order valence-corrected chi connectivity index (χ1v) is 13.0. The number of hydrogen-bond donors (Lipinski definition) is 1. The van der Waals surface area contributed by atoms with Gasteiger partial charge in [0.1, 0.15) is 0 Å². The average Bonchev–Trinajstić information content (AvgIpc) is 3.69. The first kappa shape index (κ1) is 25.3. The number of hydrogen-bond acceptors (Lipinski definition) is 9. The normalized spacial score (nSPS) is 22.0. The Morgan fingerprint density at radius 3 is 2.73 bits per heavy atom. The second kappa shape index (κ2) is 11.3. The minimum atomic E-state index is -0.0608. The molecule has 3 aliphatic rings. The Hall–Kier alpha value is -3.38. The summed E-state index contributed by atoms with van der Waals surface area (Å²) in [5.74, 6) is 2.29. The van der Waals surface area contributed by atoms with Crippen molar-refractivity contribution in [2.24, 2.45) is 7.05 Å². The Balaban J connectivity index is 0.000000412. The number of ether oxygens (including phenoxy) is 2. The highest BCUT2D eigenvalue weighted by molar-refractivity contribution is 5.77. The van der Waals surface area contributed by atoms with Crippen molar-refractivity contribution >= 4 is 29.7 Å². The molecule has 6 rings (SSSR count). The van der Waals surface area contributed by atoms with Gasteiger partial charge >= 0.3 is 0 Å². The number of aromatic nitrogens is 7. The van der Waals surface area contributed by atoms with Crippen molar-refractivity contribution in [2.45, 2.75) is 64.8 Å². The minimum Gasteiger partial charge on any atom is -0.356 e. The first-order chi connectivity index (χ1) is 18.0. The van der Waals surface area contributed by atoms with Crippen LogP contribution >= 0.6 is 0 Å². The van der Waals surface area contributed by atoms with E-state index in [2.05, 4.69) is 30.4 Å². The Labute approximate surface area is 216 Å². The minimum absolute atomic E-state index is 0.0608. The molecular formula is C25H35N9O3. The van der Waals surface area contributed by atoms with Crippen LogP contribution in [0.25, 0.3) is 17.8 Å². The molecule has 12 heteroatoms. The van der Waals surface area contributed by atoms with E-state index in [1.165, 1.54) is 6.42 Å². The molecular weight excluding hydrogens is 474 g/mol. The third-order valence-electron chi connectivity index (χ3n) is 6.71. The largest absolute Gasteiger partial charge is 0.356 e. The Bertz CT molecular complexity index is 1210. The second-order valence-electron chi connectivity index (χ2n) is 9.66. The van der Waals surface area contributed by atoms with Crippen molar-refractivity contribution in [3.05, 3.63) is 29.2 Å². The van der Waals surface area contributed by atoms with Gasteiger partial charge in [0.2, 0.25) is 11.9 Å². The summed E-state index contributed by atoms with van der Waals surface area (Å²) in [7, 11) is 1.89. The second-order valence-corrected chi connectivity index (χ2v) is 9.66. The number of carbonyl (C=O) groups is 1.